The van der Waals surface area contributed by atoms with Crippen LogP contribution in [0, 0.1) is 5.92 Å². The highest BCUT2D eigenvalue weighted by atomic mass is 35.5. The Morgan fingerprint density at radius 1 is 1.38 bits per heavy atom. The van der Waals surface area contributed by atoms with Gasteiger partial charge >= 0.3 is 6.18 Å². The van der Waals surface area contributed by atoms with E-state index in [4.69, 9.17) is 11.6 Å². The van der Waals surface area contributed by atoms with E-state index in [1.54, 1.807) is 0 Å². The van der Waals surface area contributed by atoms with Crippen LogP contribution in [0.15, 0.2) is 23.2 Å². The Morgan fingerprint density at radius 3 is 2.71 bits per heavy atom. The lowest BCUT2D eigenvalue weighted by atomic mass is 10.1. The number of amidine groups is 1. The van der Waals surface area contributed by atoms with Gasteiger partial charge in [-0.25, -0.2) is 0 Å². The summed E-state index contributed by atoms with van der Waals surface area (Å²) in [6.07, 6.45) is -3.44. The average Bonchev–Trinajstić information content (AvgIpc) is 2.73. The molecule has 1 atom stereocenters. The van der Waals surface area contributed by atoms with E-state index in [9.17, 15) is 13.2 Å². The summed E-state index contributed by atoms with van der Waals surface area (Å²) in [6, 6.07) is 3.65. The third-order valence-corrected chi connectivity index (χ3v) is 4.18. The lowest BCUT2D eigenvalue weighted by Gasteiger charge is -2.11. The minimum atomic E-state index is -4.41. The molecule has 0 saturated carbocycles. The lowest BCUT2D eigenvalue weighted by molar-refractivity contribution is -0.137. The Morgan fingerprint density at radius 2 is 2.10 bits per heavy atom. The van der Waals surface area contributed by atoms with Crippen molar-refractivity contribution in [3.05, 3.63) is 28.8 Å². The van der Waals surface area contributed by atoms with Gasteiger partial charge in [0, 0.05) is 16.5 Å². The van der Waals surface area contributed by atoms with Crippen molar-refractivity contribution in [1.82, 2.24) is 0 Å². The van der Waals surface area contributed by atoms with E-state index in [1.165, 1.54) is 17.8 Å². The minimum Gasteiger partial charge on any atom is -0.335 e. The summed E-state index contributed by atoms with van der Waals surface area (Å²) in [5.74, 6) is 1.40. The number of nitrogens with zero attached hydrogens (tertiary/aromatic N) is 1. The van der Waals surface area contributed by atoms with Crippen molar-refractivity contribution in [3.63, 3.8) is 0 Å². The fraction of sp³-hybridized carbons (Fsp3) is 0.500. The zero-order chi connectivity index (χ0) is 15.6. The smallest absolute Gasteiger partial charge is 0.335 e. The molecule has 1 aromatic carbocycles. The van der Waals surface area contributed by atoms with Crippen LogP contribution < -0.4 is 5.32 Å². The van der Waals surface area contributed by atoms with E-state index in [0.29, 0.717) is 16.8 Å². The second-order valence-corrected chi connectivity index (χ2v) is 6.83. The van der Waals surface area contributed by atoms with E-state index >= 15 is 0 Å². The molecule has 1 aliphatic rings. The van der Waals surface area contributed by atoms with Crippen LogP contribution in [0.1, 0.15) is 25.8 Å². The molecule has 0 amide bonds. The Labute approximate surface area is 131 Å². The molecule has 1 unspecified atom stereocenters. The molecular formula is C14H16ClF3N2S. The molecule has 0 bridgehead atoms. The molecule has 2 nitrogen and oxygen atoms in total. The summed E-state index contributed by atoms with van der Waals surface area (Å²) in [7, 11) is 0. The summed E-state index contributed by atoms with van der Waals surface area (Å²) in [5, 5.41) is 3.63. The quantitative estimate of drug-likeness (QED) is 0.811. The molecule has 2 rings (SSSR count). The van der Waals surface area contributed by atoms with Gasteiger partial charge in [-0.2, -0.15) is 13.2 Å². The molecule has 1 N–H and O–H groups in total. The summed E-state index contributed by atoms with van der Waals surface area (Å²) in [4.78, 5) is 4.49. The highest BCUT2D eigenvalue weighted by Gasteiger charge is 2.31. The van der Waals surface area contributed by atoms with Crippen molar-refractivity contribution in [3.8, 4) is 0 Å². The molecule has 0 spiro atoms. The van der Waals surface area contributed by atoms with Gasteiger partial charge in [0.2, 0.25) is 0 Å². The van der Waals surface area contributed by atoms with E-state index in [0.717, 1.165) is 24.3 Å². The fourth-order valence-electron chi connectivity index (χ4n) is 2.10. The number of hydrogen-bond acceptors (Lipinski definition) is 3. The van der Waals surface area contributed by atoms with Gasteiger partial charge in [0.05, 0.1) is 11.6 Å². The Balaban J connectivity index is 2.12. The molecule has 116 valence electrons. The zero-order valence-corrected chi connectivity index (χ0v) is 13.2. The largest absolute Gasteiger partial charge is 0.416 e. The first kappa shape index (κ1) is 16.5. The van der Waals surface area contributed by atoms with E-state index in [2.05, 4.69) is 24.2 Å². The van der Waals surface area contributed by atoms with Crippen molar-refractivity contribution in [2.75, 3.05) is 11.1 Å². The Hall–Kier alpha value is -0.880. The van der Waals surface area contributed by atoms with Crippen molar-refractivity contribution < 1.29 is 13.2 Å². The number of nitrogens with one attached hydrogen (secondary N) is 1. The van der Waals surface area contributed by atoms with Gasteiger partial charge in [-0.05, 0) is 30.5 Å². The molecule has 1 aromatic rings. The van der Waals surface area contributed by atoms with Crippen LogP contribution in [0.2, 0.25) is 5.02 Å². The molecule has 0 saturated heterocycles. The first-order valence-corrected chi connectivity index (χ1v) is 7.96. The van der Waals surface area contributed by atoms with Gasteiger partial charge in [-0.1, -0.05) is 37.2 Å². The van der Waals surface area contributed by atoms with E-state index in [1.807, 2.05) is 0 Å². The number of aliphatic imine (C=N–C) groups is 1. The Bertz CT molecular complexity index is 544. The van der Waals surface area contributed by atoms with Gasteiger partial charge in [-0.15, -0.1) is 0 Å². The second-order valence-electron chi connectivity index (χ2n) is 5.38. The first-order chi connectivity index (χ1) is 9.74. The SMILES string of the molecule is CC(C)CC1CSC(Nc2cc(Cl)cc(C(F)(F)F)c2)=N1. The predicted molar refractivity (Wildman–Crippen MR) is 83.2 cm³/mol. The lowest BCUT2D eigenvalue weighted by Crippen LogP contribution is -2.09. The number of rotatable bonds is 3. The van der Waals surface area contributed by atoms with Gasteiger partial charge in [0.15, 0.2) is 5.17 Å². The highest BCUT2D eigenvalue weighted by molar-refractivity contribution is 8.14. The molecule has 1 aliphatic heterocycles. The molecule has 1 heterocycles. The Kier molecular flexibility index (Phi) is 5.09. The van der Waals surface area contributed by atoms with Gasteiger partial charge in [0.25, 0.3) is 0 Å². The van der Waals surface area contributed by atoms with Crippen LogP contribution in [-0.4, -0.2) is 17.0 Å². The van der Waals surface area contributed by atoms with Crippen molar-refractivity contribution in [2.45, 2.75) is 32.5 Å². The number of thioether (sulfide) groups is 1. The van der Waals surface area contributed by atoms with Crippen molar-refractivity contribution in [2.24, 2.45) is 10.9 Å². The highest BCUT2D eigenvalue weighted by Crippen LogP contribution is 2.34. The molecular weight excluding hydrogens is 321 g/mol. The first-order valence-electron chi connectivity index (χ1n) is 6.59. The van der Waals surface area contributed by atoms with Crippen LogP contribution >= 0.6 is 23.4 Å². The number of hydrogen-bond donors (Lipinski definition) is 1. The predicted octanol–water partition coefficient (Wildman–Crippen LogP) is 5.29. The monoisotopic (exact) mass is 336 g/mol. The van der Waals surface area contributed by atoms with Crippen LogP contribution in [0.3, 0.4) is 0 Å². The average molecular weight is 337 g/mol. The zero-order valence-electron chi connectivity index (χ0n) is 11.7. The minimum absolute atomic E-state index is 0.0506. The van der Waals surface area contributed by atoms with Crippen molar-refractivity contribution in [1.29, 1.82) is 0 Å². The van der Waals surface area contributed by atoms with Crippen LogP contribution in [0.4, 0.5) is 18.9 Å². The molecule has 0 aliphatic carbocycles. The van der Waals surface area contributed by atoms with Crippen LogP contribution in [-0.2, 0) is 6.18 Å². The van der Waals surface area contributed by atoms with Gasteiger partial charge in [0.1, 0.15) is 0 Å². The maximum atomic E-state index is 12.7. The normalized spacial score (nSPS) is 19.0. The van der Waals surface area contributed by atoms with E-state index in [-0.39, 0.29) is 11.1 Å². The van der Waals surface area contributed by atoms with Gasteiger partial charge in [-0.3, -0.25) is 4.99 Å². The van der Waals surface area contributed by atoms with Crippen molar-refractivity contribution >= 4 is 34.2 Å². The fourth-order valence-corrected chi connectivity index (χ4v) is 3.31. The molecule has 0 radical (unpaired) electrons. The van der Waals surface area contributed by atoms with Gasteiger partial charge < -0.3 is 5.32 Å². The molecule has 0 fully saturated rings. The maximum absolute atomic E-state index is 12.7. The summed E-state index contributed by atoms with van der Waals surface area (Å²) in [6.45, 7) is 4.25. The number of halogens is 4. The second kappa shape index (κ2) is 6.48. The van der Waals surface area contributed by atoms with E-state index < -0.39 is 11.7 Å². The molecule has 21 heavy (non-hydrogen) atoms. The summed E-state index contributed by atoms with van der Waals surface area (Å²) in [5.41, 5.74) is -0.453. The molecule has 7 heteroatoms. The number of alkyl halides is 3. The van der Waals surface area contributed by atoms with Crippen LogP contribution in [0.5, 0.6) is 0 Å². The summed E-state index contributed by atoms with van der Waals surface area (Å²) >= 11 is 7.27. The third kappa shape index (κ3) is 4.81. The summed E-state index contributed by atoms with van der Waals surface area (Å²) < 4.78 is 38.2. The van der Waals surface area contributed by atoms with Crippen LogP contribution in [0.25, 0.3) is 0 Å². The third-order valence-electron chi connectivity index (χ3n) is 2.93. The number of benzene rings is 1. The topological polar surface area (TPSA) is 24.4 Å². The number of anilines is 1. The maximum Gasteiger partial charge on any atom is 0.416 e. The molecule has 0 aromatic heterocycles. The standard InChI is InChI=1S/C14H16ClF3N2S/c1-8(2)3-12-7-21-13(20-12)19-11-5-9(14(16,17)18)4-10(15)6-11/h4-6,8,12H,3,7H2,1-2H3,(H,19,20).